The molecule has 1 fully saturated rings. The molecule has 0 atom stereocenters. The highest BCUT2D eigenvalue weighted by Crippen LogP contribution is 2.34. The average molecular weight is 536 g/mol. The van der Waals surface area contributed by atoms with E-state index < -0.39 is 0 Å². The molecule has 2 aromatic carbocycles. The summed E-state index contributed by atoms with van der Waals surface area (Å²) < 4.78 is 2.16. The van der Waals surface area contributed by atoms with E-state index in [1.54, 1.807) is 15.9 Å². The van der Waals surface area contributed by atoms with Crippen LogP contribution in [-0.2, 0) is 10.5 Å². The summed E-state index contributed by atoms with van der Waals surface area (Å²) in [6.45, 7) is 2.30. The molecule has 0 unspecified atom stereocenters. The van der Waals surface area contributed by atoms with Gasteiger partial charge in [0.25, 0.3) is 5.91 Å². The molecule has 4 aromatic rings. The van der Waals surface area contributed by atoms with Gasteiger partial charge in [0.15, 0.2) is 5.16 Å². The molecule has 0 aliphatic carbocycles. The van der Waals surface area contributed by atoms with Crippen LogP contribution < -0.4 is 0 Å². The van der Waals surface area contributed by atoms with Gasteiger partial charge in [0, 0.05) is 23.6 Å². The average Bonchev–Trinajstić information content (AvgIpc) is 3.56. The van der Waals surface area contributed by atoms with Gasteiger partial charge in [0.05, 0.1) is 15.9 Å². The van der Waals surface area contributed by atoms with Crippen molar-refractivity contribution in [3.05, 3.63) is 87.0 Å². The Balaban J connectivity index is 1.33. The van der Waals surface area contributed by atoms with Crippen molar-refractivity contribution in [2.45, 2.75) is 24.3 Å². The highest BCUT2D eigenvalue weighted by Gasteiger charge is 2.32. The number of hydrogen-bond donors (Lipinski definition) is 0. The smallest absolute Gasteiger partial charge is 0.266 e. The van der Waals surface area contributed by atoms with Crippen molar-refractivity contribution < 1.29 is 9.59 Å². The van der Waals surface area contributed by atoms with Gasteiger partial charge >= 0.3 is 0 Å². The quantitative estimate of drug-likeness (QED) is 0.150. The zero-order valence-electron chi connectivity index (χ0n) is 18.8. The second-order valence-electron chi connectivity index (χ2n) is 7.99. The van der Waals surface area contributed by atoms with Crippen LogP contribution in [0.1, 0.15) is 27.2 Å². The van der Waals surface area contributed by atoms with Crippen LogP contribution >= 0.6 is 47.1 Å². The number of rotatable bonds is 7. The second-order valence-corrected chi connectivity index (χ2v) is 11.6. The molecule has 1 aliphatic rings. The Hall–Kier alpha value is -2.72. The van der Waals surface area contributed by atoms with Crippen molar-refractivity contribution in [2.24, 2.45) is 0 Å². The number of aryl methyl sites for hydroxylation is 1. The predicted molar refractivity (Wildman–Crippen MR) is 150 cm³/mol. The van der Waals surface area contributed by atoms with E-state index in [0.29, 0.717) is 20.1 Å². The lowest BCUT2D eigenvalue weighted by Gasteiger charge is -2.14. The molecular formula is C26H21N3O2S4. The van der Waals surface area contributed by atoms with Gasteiger partial charge in [-0.15, -0.1) is 11.3 Å². The Labute approximate surface area is 221 Å². The number of aromatic nitrogens is 2. The zero-order chi connectivity index (χ0) is 24.4. The maximum Gasteiger partial charge on any atom is 0.266 e. The van der Waals surface area contributed by atoms with E-state index in [4.69, 9.17) is 17.2 Å². The van der Waals surface area contributed by atoms with Gasteiger partial charge in [0.1, 0.15) is 4.32 Å². The summed E-state index contributed by atoms with van der Waals surface area (Å²) in [7, 11) is 0. The van der Waals surface area contributed by atoms with Crippen molar-refractivity contribution in [3.8, 4) is 0 Å². The first-order valence-corrected chi connectivity index (χ1v) is 14.1. The van der Waals surface area contributed by atoms with Crippen molar-refractivity contribution in [3.63, 3.8) is 0 Å². The number of fused-ring (bicyclic) bond motifs is 1. The van der Waals surface area contributed by atoms with Crippen molar-refractivity contribution in [2.75, 3.05) is 6.54 Å². The minimum atomic E-state index is -0.148. The van der Waals surface area contributed by atoms with E-state index in [2.05, 4.69) is 31.2 Å². The maximum atomic E-state index is 13.4. The van der Waals surface area contributed by atoms with Gasteiger partial charge in [-0.1, -0.05) is 83.8 Å². The standard InChI is InChI=1S/C26H21N3O2S4/c1-17-8-10-18(11-9-17)16-34-25-27-20-6-2-3-7-21(20)29(25)23(30)12-13-28-24(31)22(35-26(28)32)15-19-5-4-14-33-19/h2-11,14-15H,12-13,16H2,1H3/b22-15+. The van der Waals surface area contributed by atoms with Crippen LogP contribution in [0.15, 0.2) is 76.1 Å². The molecule has 1 amide bonds. The first-order valence-electron chi connectivity index (χ1n) is 11.0. The van der Waals surface area contributed by atoms with Gasteiger partial charge in [-0.2, -0.15) is 0 Å². The molecule has 5 nitrogen and oxygen atoms in total. The Morgan fingerprint density at radius 3 is 2.69 bits per heavy atom. The summed E-state index contributed by atoms with van der Waals surface area (Å²) >= 11 is 9.83. The third kappa shape index (κ3) is 5.28. The number of thiocarbonyl (C=S) groups is 1. The lowest BCUT2D eigenvalue weighted by atomic mass is 10.2. The van der Waals surface area contributed by atoms with Gasteiger partial charge in [-0.3, -0.25) is 19.1 Å². The molecule has 3 heterocycles. The number of benzene rings is 2. The number of para-hydroxylation sites is 2. The number of carbonyl (C=O) groups is 2. The molecule has 1 aliphatic heterocycles. The molecule has 176 valence electrons. The molecule has 0 spiro atoms. The second kappa shape index (κ2) is 10.5. The van der Waals surface area contributed by atoms with Crippen molar-refractivity contribution >= 4 is 80.3 Å². The van der Waals surface area contributed by atoms with E-state index in [1.807, 2.05) is 47.9 Å². The van der Waals surface area contributed by atoms with E-state index in [9.17, 15) is 9.59 Å². The first kappa shape index (κ1) is 24.0. The minimum Gasteiger partial charge on any atom is -0.292 e. The number of thioether (sulfide) groups is 2. The highest BCUT2D eigenvalue weighted by atomic mass is 32.2. The predicted octanol–water partition coefficient (Wildman–Crippen LogP) is 6.63. The summed E-state index contributed by atoms with van der Waals surface area (Å²) in [5.74, 6) is 0.450. The molecular weight excluding hydrogens is 515 g/mol. The minimum absolute atomic E-state index is 0.110. The van der Waals surface area contributed by atoms with Gasteiger partial charge < -0.3 is 0 Å². The van der Waals surface area contributed by atoms with Crippen molar-refractivity contribution in [1.82, 2.24) is 14.5 Å². The van der Waals surface area contributed by atoms with E-state index >= 15 is 0 Å². The SMILES string of the molecule is Cc1ccc(CSc2nc3ccccc3n2C(=O)CCN2C(=O)/C(=C\c3cccs3)SC2=S)cc1. The number of imidazole rings is 1. The fourth-order valence-corrected chi connectivity index (χ4v) is 6.70. The summed E-state index contributed by atoms with van der Waals surface area (Å²) in [5.41, 5.74) is 3.92. The molecule has 9 heteroatoms. The number of carbonyl (C=O) groups excluding carboxylic acids is 2. The van der Waals surface area contributed by atoms with Crippen LogP contribution in [-0.4, -0.2) is 37.1 Å². The van der Waals surface area contributed by atoms with Gasteiger partial charge in [-0.25, -0.2) is 4.98 Å². The third-order valence-electron chi connectivity index (χ3n) is 5.51. The molecule has 5 rings (SSSR count). The fourth-order valence-electron chi connectivity index (χ4n) is 3.69. The van der Waals surface area contributed by atoms with Crippen LogP contribution in [0.25, 0.3) is 17.1 Å². The molecule has 2 aromatic heterocycles. The summed E-state index contributed by atoms with van der Waals surface area (Å²) in [5, 5.41) is 2.62. The van der Waals surface area contributed by atoms with Crippen LogP contribution in [0.3, 0.4) is 0 Å². The zero-order valence-corrected chi connectivity index (χ0v) is 22.1. The van der Waals surface area contributed by atoms with Gasteiger partial charge in [-0.05, 0) is 42.1 Å². The first-order chi connectivity index (χ1) is 17.0. The summed E-state index contributed by atoms with van der Waals surface area (Å²) in [6, 6.07) is 19.9. The third-order valence-corrected chi connectivity index (χ3v) is 8.71. The Morgan fingerprint density at radius 2 is 1.91 bits per heavy atom. The molecule has 0 bridgehead atoms. The Bertz CT molecular complexity index is 1440. The maximum absolute atomic E-state index is 13.4. The van der Waals surface area contributed by atoms with Crippen LogP contribution in [0.5, 0.6) is 0 Å². The van der Waals surface area contributed by atoms with E-state index in [-0.39, 0.29) is 24.8 Å². The topological polar surface area (TPSA) is 55.2 Å². The number of thiophene rings is 1. The number of nitrogens with zero attached hydrogens (tertiary/aromatic N) is 3. The highest BCUT2D eigenvalue weighted by molar-refractivity contribution is 8.26. The van der Waals surface area contributed by atoms with Crippen LogP contribution in [0.4, 0.5) is 0 Å². The molecule has 35 heavy (non-hydrogen) atoms. The fraction of sp³-hybridized carbons (Fsp3) is 0.154. The van der Waals surface area contributed by atoms with E-state index in [1.165, 1.54) is 39.6 Å². The normalized spacial score (nSPS) is 15.0. The van der Waals surface area contributed by atoms with Crippen molar-refractivity contribution in [1.29, 1.82) is 0 Å². The monoisotopic (exact) mass is 535 g/mol. The molecule has 0 radical (unpaired) electrons. The molecule has 1 saturated heterocycles. The largest absolute Gasteiger partial charge is 0.292 e. The number of hydrogen-bond acceptors (Lipinski definition) is 7. The van der Waals surface area contributed by atoms with Crippen LogP contribution in [0, 0.1) is 6.92 Å². The lowest BCUT2D eigenvalue weighted by Crippen LogP contribution is -2.31. The molecule has 0 saturated carbocycles. The van der Waals surface area contributed by atoms with E-state index in [0.717, 1.165) is 15.9 Å². The number of amides is 1. The summed E-state index contributed by atoms with van der Waals surface area (Å²) in [6.07, 6.45) is 2.01. The van der Waals surface area contributed by atoms with Gasteiger partial charge in [0.2, 0.25) is 5.91 Å². The van der Waals surface area contributed by atoms with Crippen LogP contribution in [0.2, 0.25) is 0 Å². The Kier molecular flexibility index (Phi) is 7.19. The Morgan fingerprint density at radius 1 is 1.11 bits per heavy atom. The summed E-state index contributed by atoms with van der Waals surface area (Å²) in [4.78, 5) is 34.2. The molecule has 0 N–H and O–H groups in total. The lowest BCUT2D eigenvalue weighted by molar-refractivity contribution is -0.122.